The maximum absolute atomic E-state index is 12.4. The van der Waals surface area contributed by atoms with Gasteiger partial charge in [-0.15, -0.1) is 0 Å². The first-order valence-corrected chi connectivity index (χ1v) is 10.7. The number of hydrogen-bond acceptors (Lipinski definition) is 7. The second-order valence-electron chi connectivity index (χ2n) is 7.55. The van der Waals surface area contributed by atoms with Crippen LogP contribution < -0.4 is 15.1 Å². The Morgan fingerprint density at radius 1 is 0.879 bits per heavy atom. The van der Waals surface area contributed by atoms with Gasteiger partial charge >= 0.3 is 17.6 Å². The normalized spacial score (nSPS) is 10.6. The third-order valence-electron chi connectivity index (χ3n) is 4.78. The van der Waals surface area contributed by atoms with E-state index in [1.165, 1.54) is 6.07 Å². The molecule has 0 N–H and O–H groups in total. The molecule has 3 rings (SSSR count). The fourth-order valence-corrected chi connectivity index (χ4v) is 3.00. The van der Waals surface area contributed by atoms with Gasteiger partial charge in [-0.25, -0.2) is 14.4 Å². The van der Waals surface area contributed by atoms with Crippen LogP contribution in [0.5, 0.6) is 11.5 Å². The number of esters is 2. The molecule has 7 nitrogen and oxygen atoms in total. The van der Waals surface area contributed by atoms with Crippen LogP contribution in [0.2, 0.25) is 0 Å². The molecule has 0 saturated heterocycles. The minimum atomic E-state index is -0.495. The van der Waals surface area contributed by atoms with Crippen molar-refractivity contribution in [2.45, 2.75) is 32.6 Å². The lowest BCUT2D eigenvalue weighted by molar-refractivity contribution is -0.139. The number of hydrogen-bond donors (Lipinski definition) is 0. The second kappa shape index (κ2) is 11.7. The smallest absolute Gasteiger partial charge is 0.343 e. The van der Waals surface area contributed by atoms with E-state index in [1.54, 1.807) is 55.5 Å². The molecule has 3 aromatic rings. The van der Waals surface area contributed by atoms with Gasteiger partial charge in [0.05, 0.1) is 18.8 Å². The van der Waals surface area contributed by atoms with Crippen LogP contribution in [0.4, 0.5) is 0 Å². The molecular weight excluding hydrogens is 424 g/mol. The number of carbonyl (C=O) groups is 2. The number of fused-ring (bicyclic) bond motifs is 1. The molecule has 7 heteroatoms. The molecule has 1 heterocycles. The standard InChI is InChI=1S/C26H26O7/c1-18(2)25(28)31-16-6-4-3-5-15-30-21-10-7-19(8-11-21)26(29)32-22-12-13-23-20(17-22)9-14-24(27)33-23/h7-14,17H,1,3-6,15-16H2,2H3. The molecule has 0 bridgehead atoms. The van der Waals surface area contributed by atoms with Crippen molar-refractivity contribution in [3.63, 3.8) is 0 Å². The fraction of sp³-hybridized carbons (Fsp3) is 0.269. The van der Waals surface area contributed by atoms with Crippen molar-refractivity contribution in [2.75, 3.05) is 13.2 Å². The van der Waals surface area contributed by atoms with Crippen LogP contribution in [-0.4, -0.2) is 25.2 Å². The molecule has 0 unspecified atom stereocenters. The summed E-state index contributed by atoms with van der Waals surface area (Å²) in [5.74, 6) is 0.183. The number of ether oxygens (including phenoxy) is 3. The summed E-state index contributed by atoms with van der Waals surface area (Å²) < 4.78 is 21.2. The van der Waals surface area contributed by atoms with Crippen molar-refractivity contribution in [1.29, 1.82) is 0 Å². The average Bonchev–Trinajstić information content (AvgIpc) is 2.81. The van der Waals surface area contributed by atoms with Gasteiger partial charge < -0.3 is 18.6 Å². The van der Waals surface area contributed by atoms with Crippen molar-refractivity contribution >= 4 is 22.9 Å². The number of carbonyl (C=O) groups excluding carboxylic acids is 2. The van der Waals surface area contributed by atoms with Crippen LogP contribution in [0.1, 0.15) is 43.0 Å². The maximum Gasteiger partial charge on any atom is 0.343 e. The summed E-state index contributed by atoms with van der Waals surface area (Å²) in [6, 6.07) is 14.5. The predicted molar refractivity (Wildman–Crippen MR) is 124 cm³/mol. The van der Waals surface area contributed by atoms with Crippen molar-refractivity contribution in [1.82, 2.24) is 0 Å². The Morgan fingerprint density at radius 3 is 2.30 bits per heavy atom. The average molecular weight is 450 g/mol. The van der Waals surface area contributed by atoms with E-state index in [2.05, 4.69) is 6.58 Å². The minimum Gasteiger partial charge on any atom is -0.494 e. The van der Waals surface area contributed by atoms with Crippen molar-refractivity contribution < 1.29 is 28.2 Å². The molecule has 1 aromatic heterocycles. The van der Waals surface area contributed by atoms with E-state index < -0.39 is 11.6 Å². The summed E-state index contributed by atoms with van der Waals surface area (Å²) in [5, 5.41) is 0.663. The molecule has 33 heavy (non-hydrogen) atoms. The van der Waals surface area contributed by atoms with Gasteiger partial charge in [0, 0.05) is 17.0 Å². The SMILES string of the molecule is C=C(C)C(=O)OCCCCCCOc1ccc(C(=O)Oc2ccc3oc(=O)ccc3c2)cc1. The van der Waals surface area contributed by atoms with Gasteiger partial charge in [0.2, 0.25) is 0 Å². The Labute approximate surface area is 191 Å². The van der Waals surface area contributed by atoms with E-state index in [4.69, 9.17) is 18.6 Å². The first-order chi connectivity index (χ1) is 15.9. The number of unbranched alkanes of at least 4 members (excludes halogenated alkanes) is 3. The van der Waals surface area contributed by atoms with Crippen molar-refractivity contribution in [3.05, 3.63) is 82.7 Å². The zero-order valence-electron chi connectivity index (χ0n) is 18.5. The summed E-state index contributed by atoms with van der Waals surface area (Å²) in [6.07, 6.45) is 3.59. The minimum absolute atomic E-state index is 0.349. The Hall–Kier alpha value is -3.87. The van der Waals surface area contributed by atoms with Gasteiger partial charge in [-0.1, -0.05) is 6.58 Å². The first-order valence-electron chi connectivity index (χ1n) is 10.7. The first kappa shape index (κ1) is 23.8. The topological polar surface area (TPSA) is 92.0 Å². The Bertz CT molecular complexity index is 1180. The van der Waals surface area contributed by atoms with Gasteiger partial charge in [0.1, 0.15) is 17.1 Å². The molecule has 2 aromatic carbocycles. The summed E-state index contributed by atoms with van der Waals surface area (Å²) in [7, 11) is 0. The molecule has 0 aliphatic rings. The van der Waals surface area contributed by atoms with E-state index in [0.717, 1.165) is 25.7 Å². The van der Waals surface area contributed by atoms with Crippen LogP contribution in [0, 0.1) is 0 Å². The van der Waals surface area contributed by atoms with Gasteiger partial charge in [0.25, 0.3) is 0 Å². The molecule has 0 fully saturated rings. The molecule has 0 aliphatic heterocycles. The molecule has 0 aliphatic carbocycles. The molecule has 0 atom stereocenters. The summed E-state index contributed by atoms with van der Waals surface area (Å²) >= 11 is 0. The highest BCUT2D eigenvalue weighted by Crippen LogP contribution is 2.21. The lowest BCUT2D eigenvalue weighted by Crippen LogP contribution is -2.08. The Morgan fingerprint density at radius 2 is 1.58 bits per heavy atom. The van der Waals surface area contributed by atoms with Crippen LogP contribution in [0.15, 0.2) is 76.0 Å². The third-order valence-corrected chi connectivity index (χ3v) is 4.78. The number of benzene rings is 2. The van der Waals surface area contributed by atoms with Crippen LogP contribution in [0.3, 0.4) is 0 Å². The van der Waals surface area contributed by atoms with Crippen LogP contribution >= 0.6 is 0 Å². The van der Waals surface area contributed by atoms with E-state index in [1.807, 2.05) is 0 Å². The van der Waals surface area contributed by atoms with Gasteiger partial charge in [0.15, 0.2) is 0 Å². The summed E-state index contributed by atoms with van der Waals surface area (Å²) in [5.41, 5.74) is 0.796. The van der Waals surface area contributed by atoms with Gasteiger partial charge in [-0.3, -0.25) is 0 Å². The Kier molecular flexibility index (Phi) is 8.41. The molecule has 0 radical (unpaired) electrons. The third kappa shape index (κ3) is 7.35. The molecule has 0 saturated carbocycles. The molecule has 0 spiro atoms. The lowest BCUT2D eigenvalue weighted by atomic mass is 10.2. The monoisotopic (exact) mass is 450 g/mol. The quantitative estimate of drug-likeness (QED) is 0.132. The highest BCUT2D eigenvalue weighted by molar-refractivity contribution is 5.91. The highest BCUT2D eigenvalue weighted by Gasteiger charge is 2.10. The number of rotatable bonds is 11. The van der Waals surface area contributed by atoms with E-state index in [0.29, 0.717) is 46.8 Å². The molecule has 172 valence electrons. The van der Waals surface area contributed by atoms with E-state index >= 15 is 0 Å². The maximum atomic E-state index is 12.4. The highest BCUT2D eigenvalue weighted by atomic mass is 16.5. The molecule has 0 amide bonds. The van der Waals surface area contributed by atoms with Gasteiger partial charge in [-0.2, -0.15) is 0 Å². The molecular formula is C26H26O7. The van der Waals surface area contributed by atoms with Crippen molar-refractivity contribution in [2.24, 2.45) is 0 Å². The summed E-state index contributed by atoms with van der Waals surface area (Å²) in [4.78, 5) is 34.9. The van der Waals surface area contributed by atoms with Crippen molar-refractivity contribution in [3.8, 4) is 11.5 Å². The zero-order valence-corrected chi connectivity index (χ0v) is 18.5. The largest absolute Gasteiger partial charge is 0.494 e. The summed E-state index contributed by atoms with van der Waals surface area (Å²) in [6.45, 7) is 6.13. The van der Waals surface area contributed by atoms with Crippen LogP contribution in [-0.2, 0) is 9.53 Å². The fourth-order valence-electron chi connectivity index (χ4n) is 3.00. The second-order valence-corrected chi connectivity index (χ2v) is 7.55. The van der Waals surface area contributed by atoms with Gasteiger partial charge in [-0.05, 0) is 81.1 Å². The Balaban J connectivity index is 1.38. The zero-order chi connectivity index (χ0) is 23.6. The van der Waals surface area contributed by atoms with Crippen LogP contribution in [0.25, 0.3) is 11.0 Å². The lowest BCUT2D eigenvalue weighted by Gasteiger charge is -2.08. The van der Waals surface area contributed by atoms with E-state index in [-0.39, 0.29) is 5.97 Å². The van der Waals surface area contributed by atoms with E-state index in [9.17, 15) is 14.4 Å². The predicted octanol–water partition coefficient (Wildman–Crippen LogP) is 5.07.